The number of hydrogen-bond donors (Lipinski definition) is 0. The highest BCUT2D eigenvalue weighted by molar-refractivity contribution is 9.11. The van der Waals surface area contributed by atoms with E-state index in [4.69, 9.17) is 16.3 Å². The second kappa shape index (κ2) is 7.30. The number of alkyl halides is 1. The topological polar surface area (TPSA) is 9.23 Å². The molecule has 0 saturated heterocycles. The van der Waals surface area contributed by atoms with E-state index in [1.807, 2.05) is 37.3 Å². The Bertz CT molecular complexity index is 616. The molecule has 0 aliphatic heterocycles. The van der Waals surface area contributed by atoms with Crippen LogP contribution in [0.1, 0.15) is 22.9 Å². The summed E-state index contributed by atoms with van der Waals surface area (Å²) in [6.07, 6.45) is 0. The van der Waals surface area contributed by atoms with Crippen molar-refractivity contribution in [3.63, 3.8) is 0 Å². The molecule has 1 unspecified atom stereocenters. The third-order valence-electron chi connectivity index (χ3n) is 2.78. The van der Waals surface area contributed by atoms with Crippen molar-refractivity contribution in [2.45, 2.75) is 11.8 Å². The largest absolute Gasteiger partial charge is 0.494 e. The Hall–Kier alpha value is -0.0300. The molecule has 20 heavy (non-hydrogen) atoms. The summed E-state index contributed by atoms with van der Waals surface area (Å²) in [6.45, 7) is 2.61. The molecule has 0 aliphatic rings. The number of halogens is 4. The molecule has 0 aliphatic carbocycles. The van der Waals surface area contributed by atoms with Crippen LogP contribution in [0.25, 0.3) is 0 Å². The maximum absolute atomic E-state index is 6.10. The van der Waals surface area contributed by atoms with Crippen LogP contribution in [0.2, 0.25) is 5.02 Å². The fourth-order valence-corrected chi connectivity index (χ4v) is 3.96. The van der Waals surface area contributed by atoms with E-state index in [1.165, 1.54) is 0 Å². The van der Waals surface area contributed by atoms with Gasteiger partial charge in [0.25, 0.3) is 0 Å². The van der Waals surface area contributed by atoms with Crippen LogP contribution in [0.15, 0.2) is 45.3 Å². The van der Waals surface area contributed by atoms with Crippen LogP contribution in [0, 0.1) is 0 Å². The lowest BCUT2D eigenvalue weighted by atomic mass is 10.0. The highest BCUT2D eigenvalue weighted by atomic mass is 79.9. The zero-order chi connectivity index (χ0) is 14.7. The molecule has 1 nitrogen and oxygen atoms in total. The van der Waals surface area contributed by atoms with Crippen molar-refractivity contribution in [3.05, 3.63) is 61.5 Å². The lowest BCUT2D eigenvalue weighted by molar-refractivity contribution is 0.337. The summed E-state index contributed by atoms with van der Waals surface area (Å²) < 4.78 is 7.72. The van der Waals surface area contributed by atoms with E-state index >= 15 is 0 Å². The van der Waals surface area contributed by atoms with Gasteiger partial charge < -0.3 is 4.74 Å². The quantitative estimate of drug-likeness (QED) is 0.438. The zero-order valence-corrected chi connectivity index (χ0v) is 16.2. The van der Waals surface area contributed by atoms with E-state index < -0.39 is 0 Å². The average molecular weight is 483 g/mol. The van der Waals surface area contributed by atoms with E-state index in [9.17, 15) is 0 Å². The van der Waals surface area contributed by atoms with E-state index in [1.54, 1.807) is 0 Å². The van der Waals surface area contributed by atoms with Gasteiger partial charge in [0.2, 0.25) is 0 Å². The molecule has 0 aromatic heterocycles. The molecule has 2 rings (SSSR count). The molecule has 0 spiro atoms. The van der Waals surface area contributed by atoms with E-state index in [0.717, 1.165) is 25.8 Å². The summed E-state index contributed by atoms with van der Waals surface area (Å²) in [5.74, 6) is 0.865. The second-order valence-corrected chi connectivity index (χ2v) is 7.27. The first-order valence-electron chi connectivity index (χ1n) is 6.04. The van der Waals surface area contributed by atoms with Crippen LogP contribution in [0.5, 0.6) is 5.75 Å². The molecule has 2 aromatic rings. The summed E-state index contributed by atoms with van der Waals surface area (Å²) in [4.78, 5) is -0.00498. The van der Waals surface area contributed by atoms with Crippen molar-refractivity contribution < 1.29 is 4.74 Å². The van der Waals surface area contributed by atoms with E-state index in [0.29, 0.717) is 11.6 Å². The summed E-state index contributed by atoms with van der Waals surface area (Å²) in [5.41, 5.74) is 2.13. The van der Waals surface area contributed by atoms with Crippen LogP contribution in [-0.4, -0.2) is 6.61 Å². The molecular weight excluding hydrogens is 471 g/mol. The Morgan fingerprint density at radius 3 is 2.55 bits per heavy atom. The van der Waals surface area contributed by atoms with Gasteiger partial charge >= 0.3 is 0 Å². The van der Waals surface area contributed by atoms with Gasteiger partial charge in [-0.15, -0.1) is 0 Å². The molecular formula is C15H12Br3ClO. The lowest BCUT2D eigenvalue weighted by Gasteiger charge is -2.17. The number of benzene rings is 2. The Morgan fingerprint density at radius 2 is 1.85 bits per heavy atom. The fraction of sp³-hybridized carbons (Fsp3) is 0.200. The second-order valence-electron chi connectivity index (χ2n) is 4.14. The van der Waals surface area contributed by atoms with E-state index in [-0.39, 0.29) is 4.83 Å². The molecule has 0 amide bonds. The molecule has 0 radical (unpaired) electrons. The van der Waals surface area contributed by atoms with Crippen LogP contribution in [0.4, 0.5) is 0 Å². The first-order chi connectivity index (χ1) is 9.52. The highest BCUT2D eigenvalue weighted by Crippen LogP contribution is 2.41. The van der Waals surface area contributed by atoms with Gasteiger partial charge in [-0.2, -0.15) is 0 Å². The third-order valence-corrected chi connectivity index (χ3v) is 5.21. The third kappa shape index (κ3) is 3.79. The van der Waals surface area contributed by atoms with Gasteiger partial charge in [-0.25, -0.2) is 0 Å². The molecule has 0 N–H and O–H groups in total. The smallest absolute Gasteiger partial charge is 0.124 e. The van der Waals surface area contributed by atoms with E-state index in [2.05, 4.69) is 53.9 Å². The predicted octanol–water partition coefficient (Wildman–Crippen LogP) is 6.75. The van der Waals surface area contributed by atoms with Crippen LogP contribution in [0.3, 0.4) is 0 Å². The van der Waals surface area contributed by atoms with Crippen molar-refractivity contribution in [3.8, 4) is 5.75 Å². The first-order valence-corrected chi connectivity index (χ1v) is 8.92. The van der Waals surface area contributed by atoms with Gasteiger partial charge in [0.15, 0.2) is 0 Å². The first kappa shape index (κ1) is 16.3. The van der Waals surface area contributed by atoms with Gasteiger partial charge in [-0.3, -0.25) is 0 Å². The van der Waals surface area contributed by atoms with Gasteiger partial charge in [0.05, 0.1) is 11.4 Å². The highest BCUT2D eigenvalue weighted by Gasteiger charge is 2.18. The molecule has 5 heteroatoms. The van der Waals surface area contributed by atoms with Gasteiger partial charge in [-0.1, -0.05) is 59.4 Å². The minimum Gasteiger partial charge on any atom is -0.494 e. The van der Waals surface area contributed by atoms with Crippen LogP contribution >= 0.6 is 59.4 Å². The molecule has 2 aromatic carbocycles. The number of hydrogen-bond acceptors (Lipinski definition) is 1. The Balaban J connectivity index is 2.49. The number of ether oxygens (including phenoxy) is 1. The zero-order valence-electron chi connectivity index (χ0n) is 10.7. The molecule has 0 saturated carbocycles. The maximum atomic E-state index is 6.10. The van der Waals surface area contributed by atoms with Crippen molar-refractivity contribution in [1.82, 2.24) is 0 Å². The Kier molecular flexibility index (Phi) is 5.96. The summed E-state index contributed by atoms with van der Waals surface area (Å²) in [6, 6.07) is 11.7. The Labute approximate surface area is 149 Å². The standard InChI is InChI=1S/C15H12Br3ClO/c1-2-20-14-6-3-9(16)7-12(14)15(18)11-8-10(19)4-5-13(11)17/h3-8,15H,2H2,1H3. The molecule has 0 heterocycles. The minimum atomic E-state index is -0.00498. The average Bonchev–Trinajstić information content (AvgIpc) is 2.43. The minimum absolute atomic E-state index is 0.00498. The van der Waals surface area contributed by atoms with Gasteiger partial charge in [0.1, 0.15) is 5.75 Å². The maximum Gasteiger partial charge on any atom is 0.124 e. The summed E-state index contributed by atoms with van der Waals surface area (Å²) in [7, 11) is 0. The van der Waals surface area contributed by atoms with Gasteiger partial charge in [-0.05, 0) is 48.9 Å². The molecule has 0 fully saturated rings. The lowest BCUT2D eigenvalue weighted by Crippen LogP contribution is -2.00. The fourth-order valence-electron chi connectivity index (χ4n) is 1.88. The number of rotatable bonds is 4. The van der Waals surface area contributed by atoms with Crippen molar-refractivity contribution in [2.75, 3.05) is 6.61 Å². The van der Waals surface area contributed by atoms with Crippen molar-refractivity contribution in [2.24, 2.45) is 0 Å². The summed E-state index contributed by atoms with van der Waals surface area (Å²) in [5, 5.41) is 0.709. The Morgan fingerprint density at radius 1 is 1.10 bits per heavy atom. The van der Waals surface area contributed by atoms with Crippen molar-refractivity contribution in [1.29, 1.82) is 0 Å². The SMILES string of the molecule is CCOc1ccc(Br)cc1C(Br)c1cc(Cl)ccc1Br. The summed E-state index contributed by atoms with van der Waals surface area (Å²) >= 11 is 16.9. The van der Waals surface area contributed by atoms with Gasteiger partial charge in [0, 0.05) is 19.5 Å². The monoisotopic (exact) mass is 480 g/mol. The molecule has 1 atom stereocenters. The van der Waals surface area contributed by atoms with Crippen LogP contribution < -0.4 is 4.74 Å². The van der Waals surface area contributed by atoms with Crippen LogP contribution in [-0.2, 0) is 0 Å². The predicted molar refractivity (Wildman–Crippen MR) is 95.2 cm³/mol. The van der Waals surface area contributed by atoms with Crippen molar-refractivity contribution >= 4 is 59.4 Å². The molecule has 106 valence electrons. The molecule has 0 bridgehead atoms. The normalized spacial score (nSPS) is 12.2.